The Morgan fingerprint density at radius 2 is 2.00 bits per heavy atom. The minimum atomic E-state index is -0.0663. The largest absolute Gasteiger partial charge is 0.337 e. The van der Waals surface area contributed by atoms with Crippen LogP contribution < -0.4 is 0 Å². The second kappa shape index (κ2) is 7.49. The molecule has 0 bridgehead atoms. The normalized spacial score (nSPS) is 10.7. The summed E-state index contributed by atoms with van der Waals surface area (Å²) in [6.07, 6.45) is 0.231. The quantitative estimate of drug-likeness (QED) is 0.696. The third-order valence-electron chi connectivity index (χ3n) is 3.84. The fourth-order valence-corrected chi connectivity index (χ4v) is 2.65. The maximum Gasteiger partial charge on any atom is 0.246 e. The molecule has 0 unspecified atom stereocenters. The lowest BCUT2D eigenvalue weighted by Crippen LogP contribution is -2.27. The Hall–Kier alpha value is -2.66. The number of nitrogens with zero attached hydrogens (tertiary/aromatic N) is 3. The van der Waals surface area contributed by atoms with Gasteiger partial charge in [-0.1, -0.05) is 58.7 Å². The van der Waals surface area contributed by atoms with Crippen LogP contribution in [0.25, 0.3) is 11.4 Å². The highest BCUT2D eigenvalue weighted by molar-refractivity contribution is 6.31. The predicted octanol–water partition coefficient (Wildman–Crippen LogP) is 3.90. The zero-order chi connectivity index (χ0) is 17.8. The van der Waals surface area contributed by atoms with Crippen LogP contribution in [0.5, 0.6) is 0 Å². The monoisotopic (exact) mass is 355 g/mol. The minimum Gasteiger partial charge on any atom is -0.337 e. The zero-order valence-electron chi connectivity index (χ0n) is 14.1. The first kappa shape index (κ1) is 17.2. The van der Waals surface area contributed by atoms with Crippen molar-refractivity contribution in [3.05, 3.63) is 70.6 Å². The molecule has 128 valence electrons. The number of hydrogen-bond donors (Lipinski definition) is 0. The average Bonchev–Trinajstić information content (AvgIpc) is 3.05. The molecular weight excluding hydrogens is 338 g/mol. The lowest BCUT2D eigenvalue weighted by molar-refractivity contribution is -0.130. The minimum absolute atomic E-state index is 0.0663. The van der Waals surface area contributed by atoms with Gasteiger partial charge in [0.15, 0.2) is 0 Å². The maximum atomic E-state index is 12.4. The molecule has 0 aliphatic rings. The molecule has 1 heterocycles. The molecule has 0 spiro atoms. The van der Waals surface area contributed by atoms with Gasteiger partial charge in [-0.3, -0.25) is 4.79 Å². The number of hydrogen-bond acceptors (Lipinski definition) is 4. The molecule has 0 atom stereocenters. The molecule has 5 nitrogen and oxygen atoms in total. The van der Waals surface area contributed by atoms with Gasteiger partial charge in [-0.25, -0.2) is 0 Å². The van der Waals surface area contributed by atoms with Crippen LogP contribution in [0.2, 0.25) is 5.02 Å². The first-order chi connectivity index (χ1) is 12.0. The third-order valence-corrected chi connectivity index (χ3v) is 4.21. The summed E-state index contributed by atoms with van der Waals surface area (Å²) < 4.78 is 5.27. The summed E-state index contributed by atoms with van der Waals surface area (Å²) >= 11 is 6.11. The molecule has 1 aromatic heterocycles. The molecule has 2 aromatic carbocycles. The van der Waals surface area contributed by atoms with Crippen molar-refractivity contribution >= 4 is 17.5 Å². The van der Waals surface area contributed by atoms with Gasteiger partial charge in [0, 0.05) is 17.6 Å². The lowest BCUT2D eigenvalue weighted by Gasteiger charge is -2.15. The number of halogens is 1. The Labute approximate surface area is 151 Å². The van der Waals surface area contributed by atoms with Crippen LogP contribution in [0.1, 0.15) is 17.0 Å². The topological polar surface area (TPSA) is 59.2 Å². The van der Waals surface area contributed by atoms with Gasteiger partial charge in [0.05, 0.1) is 13.0 Å². The third kappa shape index (κ3) is 4.25. The van der Waals surface area contributed by atoms with E-state index >= 15 is 0 Å². The molecule has 0 radical (unpaired) electrons. The molecule has 0 saturated carbocycles. The van der Waals surface area contributed by atoms with Gasteiger partial charge in [0.1, 0.15) is 0 Å². The maximum absolute atomic E-state index is 12.4. The van der Waals surface area contributed by atoms with E-state index < -0.39 is 0 Å². The Kier molecular flexibility index (Phi) is 5.14. The van der Waals surface area contributed by atoms with Crippen LogP contribution in [0.3, 0.4) is 0 Å². The van der Waals surface area contributed by atoms with E-state index in [1.807, 2.05) is 49.4 Å². The number of aromatic nitrogens is 2. The van der Waals surface area contributed by atoms with Crippen molar-refractivity contribution in [2.24, 2.45) is 0 Å². The van der Waals surface area contributed by atoms with Crippen molar-refractivity contribution in [2.75, 3.05) is 7.05 Å². The van der Waals surface area contributed by atoms with E-state index in [0.717, 1.165) is 16.7 Å². The van der Waals surface area contributed by atoms with Crippen molar-refractivity contribution < 1.29 is 9.32 Å². The van der Waals surface area contributed by atoms with Crippen molar-refractivity contribution in [3.8, 4) is 11.4 Å². The summed E-state index contributed by atoms with van der Waals surface area (Å²) in [7, 11) is 1.70. The Morgan fingerprint density at radius 1 is 1.20 bits per heavy atom. The first-order valence-corrected chi connectivity index (χ1v) is 8.28. The molecule has 25 heavy (non-hydrogen) atoms. The van der Waals surface area contributed by atoms with E-state index in [9.17, 15) is 4.79 Å². The summed E-state index contributed by atoms with van der Waals surface area (Å²) in [5.41, 5.74) is 2.81. The smallest absolute Gasteiger partial charge is 0.246 e. The molecule has 0 saturated heterocycles. The van der Waals surface area contributed by atoms with Crippen molar-refractivity contribution in [1.82, 2.24) is 15.0 Å². The fraction of sp³-hybridized carbons (Fsp3) is 0.211. The Balaban J connectivity index is 1.66. The average molecular weight is 356 g/mol. The van der Waals surface area contributed by atoms with Crippen molar-refractivity contribution in [1.29, 1.82) is 0 Å². The van der Waals surface area contributed by atoms with Crippen molar-refractivity contribution in [3.63, 3.8) is 0 Å². The van der Waals surface area contributed by atoms with E-state index in [1.54, 1.807) is 18.0 Å². The van der Waals surface area contributed by atoms with E-state index in [0.29, 0.717) is 16.7 Å². The van der Waals surface area contributed by atoms with Crippen LogP contribution in [-0.4, -0.2) is 28.0 Å². The molecule has 1 amide bonds. The van der Waals surface area contributed by atoms with Crippen LogP contribution >= 0.6 is 11.6 Å². The predicted molar refractivity (Wildman–Crippen MR) is 96.1 cm³/mol. The molecule has 0 fully saturated rings. The molecule has 0 aliphatic carbocycles. The van der Waals surface area contributed by atoms with Gasteiger partial charge in [0.25, 0.3) is 0 Å². The number of carbonyl (C=O) groups is 1. The highest BCUT2D eigenvalue weighted by atomic mass is 35.5. The second-order valence-corrected chi connectivity index (χ2v) is 6.31. The summed E-state index contributed by atoms with van der Waals surface area (Å²) in [4.78, 5) is 18.3. The number of amides is 1. The number of benzene rings is 2. The van der Waals surface area contributed by atoms with Gasteiger partial charge >= 0.3 is 0 Å². The van der Waals surface area contributed by atoms with Gasteiger partial charge in [-0.15, -0.1) is 0 Å². The van der Waals surface area contributed by atoms with Gasteiger partial charge < -0.3 is 9.42 Å². The number of likely N-dealkylation sites (N-methyl/N-ethyl adjacent to an activating group) is 1. The zero-order valence-corrected chi connectivity index (χ0v) is 14.8. The highest BCUT2D eigenvalue weighted by Gasteiger charge is 2.16. The molecular formula is C19H18ClN3O2. The molecule has 3 rings (SSSR count). The summed E-state index contributed by atoms with van der Waals surface area (Å²) in [5.74, 6) is 0.848. The van der Waals surface area contributed by atoms with E-state index in [1.165, 1.54) is 0 Å². The Bertz CT molecular complexity index is 892. The SMILES string of the molecule is Cc1cccc(-c2noc(CN(C)C(=O)Cc3ccccc3Cl)n2)c1. The first-order valence-electron chi connectivity index (χ1n) is 7.90. The van der Waals surface area contributed by atoms with Crippen LogP contribution in [0.15, 0.2) is 53.1 Å². The van der Waals surface area contributed by atoms with Gasteiger partial charge in [0.2, 0.25) is 17.6 Å². The standard InChI is InChI=1S/C19H18ClN3O2/c1-13-6-5-8-15(10-13)19-21-17(25-22-19)12-23(2)18(24)11-14-7-3-4-9-16(14)20/h3-10H,11-12H2,1-2H3. The lowest BCUT2D eigenvalue weighted by atomic mass is 10.1. The van der Waals surface area contributed by atoms with E-state index in [2.05, 4.69) is 10.1 Å². The Morgan fingerprint density at radius 3 is 2.76 bits per heavy atom. The molecule has 0 aliphatic heterocycles. The van der Waals surface area contributed by atoms with Crippen molar-refractivity contribution in [2.45, 2.75) is 19.9 Å². The number of rotatable bonds is 5. The second-order valence-electron chi connectivity index (χ2n) is 5.90. The highest BCUT2D eigenvalue weighted by Crippen LogP contribution is 2.18. The van der Waals surface area contributed by atoms with E-state index in [-0.39, 0.29) is 18.9 Å². The van der Waals surface area contributed by atoms with E-state index in [4.69, 9.17) is 16.1 Å². The van der Waals surface area contributed by atoms with Crippen LogP contribution in [0.4, 0.5) is 0 Å². The summed E-state index contributed by atoms with van der Waals surface area (Å²) in [5, 5.41) is 4.58. The fourth-order valence-electron chi connectivity index (χ4n) is 2.45. The van der Waals surface area contributed by atoms with Crippen LogP contribution in [0, 0.1) is 6.92 Å². The van der Waals surface area contributed by atoms with Gasteiger partial charge in [-0.2, -0.15) is 4.98 Å². The number of aryl methyl sites for hydroxylation is 1. The molecule has 3 aromatic rings. The summed E-state index contributed by atoms with van der Waals surface area (Å²) in [6, 6.07) is 15.2. The molecule has 0 N–H and O–H groups in total. The molecule has 6 heteroatoms. The van der Waals surface area contributed by atoms with Crippen LogP contribution in [-0.2, 0) is 17.8 Å². The number of carbonyl (C=O) groups excluding carboxylic acids is 1. The van der Waals surface area contributed by atoms with Gasteiger partial charge in [-0.05, 0) is 24.6 Å². The summed E-state index contributed by atoms with van der Waals surface area (Å²) in [6.45, 7) is 2.26.